The molecule has 3 heteroatoms. The minimum Gasteiger partial charge on any atom is -0.489 e. The van der Waals surface area contributed by atoms with Crippen molar-refractivity contribution in [2.24, 2.45) is 0 Å². The quantitative estimate of drug-likeness (QED) is 0.632. The van der Waals surface area contributed by atoms with Crippen LogP contribution in [0.2, 0.25) is 0 Å². The highest BCUT2D eigenvalue weighted by molar-refractivity contribution is 5.85. The van der Waals surface area contributed by atoms with Gasteiger partial charge in [0.05, 0.1) is 0 Å². The molecule has 0 fully saturated rings. The Bertz CT molecular complexity index is 271. The largest absolute Gasteiger partial charge is 0.489 e. The third-order valence-electron chi connectivity index (χ3n) is 1.55. The fraction of sp³-hybridized carbons (Fsp3) is 0.111. The summed E-state index contributed by atoms with van der Waals surface area (Å²) in [5.41, 5.74) is 1.17. The van der Waals surface area contributed by atoms with E-state index in [0.29, 0.717) is 6.61 Å². The second-order valence-corrected chi connectivity index (χ2v) is 2.25. The maximum Gasteiger partial charge on any atom is 0.126 e. The normalized spacial score (nSPS) is 11.7. The molecule has 0 atom stereocenters. The summed E-state index contributed by atoms with van der Waals surface area (Å²) in [5, 5.41) is 0. The molecule has 0 N–H and O–H groups in total. The first-order chi connectivity index (χ1) is 4.97. The number of para-hydroxylation sites is 1. The fourth-order valence-electron chi connectivity index (χ4n) is 1.06. The van der Waals surface area contributed by atoms with Gasteiger partial charge >= 0.3 is 0 Å². The van der Waals surface area contributed by atoms with E-state index in [1.165, 1.54) is 5.56 Å². The zero-order chi connectivity index (χ0) is 6.81. The molecule has 1 nitrogen and oxygen atoms in total. The van der Waals surface area contributed by atoms with Crippen molar-refractivity contribution >= 4 is 30.9 Å². The molecule has 0 saturated heterocycles. The average Bonchev–Trinajstić information content (AvgIpc) is 2.05. The molecule has 12 heavy (non-hydrogen) atoms. The first-order valence-electron chi connectivity index (χ1n) is 3.35. The predicted molar refractivity (Wildman–Crippen MR) is 55.5 cm³/mol. The van der Waals surface area contributed by atoms with Crippen molar-refractivity contribution in [3.05, 3.63) is 35.9 Å². The molecule has 0 saturated carbocycles. The van der Waals surface area contributed by atoms with Gasteiger partial charge in [-0.3, -0.25) is 0 Å². The maximum atomic E-state index is 5.34. The topological polar surface area (TPSA) is 9.23 Å². The fourth-order valence-corrected chi connectivity index (χ4v) is 1.06. The first kappa shape index (κ1) is 11.3. The highest BCUT2D eigenvalue weighted by atomic mass is 35.5. The van der Waals surface area contributed by atoms with Crippen LogP contribution in [-0.2, 0) is 0 Å². The van der Waals surface area contributed by atoms with E-state index in [-0.39, 0.29) is 24.8 Å². The van der Waals surface area contributed by atoms with Crippen molar-refractivity contribution in [3.63, 3.8) is 0 Å². The molecule has 0 bridgehead atoms. The van der Waals surface area contributed by atoms with Crippen molar-refractivity contribution < 1.29 is 4.74 Å². The van der Waals surface area contributed by atoms with E-state index < -0.39 is 0 Å². The molecule has 0 aromatic heterocycles. The standard InChI is InChI=1S/C9H8O.2ClH/c1-2-6-9-8(4-1)5-3-7-10-9;;/h1-6H,7H2;2*1H. The monoisotopic (exact) mass is 204 g/mol. The van der Waals surface area contributed by atoms with Gasteiger partial charge in [-0.2, -0.15) is 0 Å². The Labute approximate surface area is 84.3 Å². The van der Waals surface area contributed by atoms with E-state index in [2.05, 4.69) is 6.08 Å². The Balaban J connectivity index is 0.000000605. The lowest BCUT2D eigenvalue weighted by atomic mass is 10.1. The molecular weight excluding hydrogens is 195 g/mol. The smallest absolute Gasteiger partial charge is 0.126 e. The zero-order valence-corrected chi connectivity index (χ0v) is 8.03. The van der Waals surface area contributed by atoms with Gasteiger partial charge in [-0.15, -0.1) is 24.8 Å². The van der Waals surface area contributed by atoms with Crippen LogP contribution in [0, 0.1) is 0 Å². The molecule has 1 aromatic carbocycles. The van der Waals surface area contributed by atoms with Crippen molar-refractivity contribution in [2.45, 2.75) is 0 Å². The molecule has 2 rings (SSSR count). The molecule has 1 aliphatic rings. The number of rotatable bonds is 0. The third-order valence-corrected chi connectivity index (χ3v) is 1.55. The summed E-state index contributed by atoms with van der Waals surface area (Å²) in [6.07, 6.45) is 4.10. The number of fused-ring (bicyclic) bond motifs is 1. The Hall–Kier alpha value is -0.660. The van der Waals surface area contributed by atoms with Crippen LogP contribution < -0.4 is 4.74 Å². The van der Waals surface area contributed by atoms with E-state index in [0.717, 1.165) is 5.75 Å². The summed E-state index contributed by atoms with van der Waals surface area (Å²) >= 11 is 0. The highest BCUT2D eigenvalue weighted by Gasteiger charge is 2.01. The molecule has 1 heterocycles. The van der Waals surface area contributed by atoms with Crippen LogP contribution in [0.15, 0.2) is 30.3 Å². The van der Waals surface area contributed by atoms with Crippen molar-refractivity contribution in [1.82, 2.24) is 0 Å². The number of halogens is 2. The molecule has 0 amide bonds. The van der Waals surface area contributed by atoms with E-state index in [4.69, 9.17) is 4.74 Å². The number of benzene rings is 1. The van der Waals surface area contributed by atoms with E-state index in [9.17, 15) is 0 Å². The van der Waals surface area contributed by atoms with E-state index >= 15 is 0 Å². The SMILES string of the molecule is C1=Cc2ccccc2OC1.Cl.Cl. The van der Waals surface area contributed by atoms with Gasteiger partial charge in [0.2, 0.25) is 0 Å². The van der Waals surface area contributed by atoms with Crippen LogP contribution in [0.5, 0.6) is 5.75 Å². The minimum absolute atomic E-state index is 0. The number of hydrogen-bond donors (Lipinski definition) is 0. The predicted octanol–water partition coefficient (Wildman–Crippen LogP) is 2.94. The van der Waals surface area contributed by atoms with Crippen molar-refractivity contribution in [1.29, 1.82) is 0 Å². The summed E-state index contributed by atoms with van der Waals surface area (Å²) in [5.74, 6) is 0.991. The van der Waals surface area contributed by atoms with Gasteiger partial charge in [0.15, 0.2) is 0 Å². The lowest BCUT2D eigenvalue weighted by Crippen LogP contribution is -1.98. The van der Waals surface area contributed by atoms with Crippen molar-refractivity contribution in [2.75, 3.05) is 6.61 Å². The van der Waals surface area contributed by atoms with Gasteiger partial charge < -0.3 is 4.74 Å². The Morgan fingerprint density at radius 2 is 1.83 bits per heavy atom. The summed E-state index contributed by atoms with van der Waals surface area (Å²) in [6.45, 7) is 0.705. The van der Waals surface area contributed by atoms with E-state index in [1.807, 2.05) is 30.3 Å². The molecule has 0 spiro atoms. The summed E-state index contributed by atoms with van der Waals surface area (Å²) in [6, 6.07) is 8.03. The summed E-state index contributed by atoms with van der Waals surface area (Å²) < 4.78 is 5.34. The molecule has 0 unspecified atom stereocenters. The number of hydrogen-bond acceptors (Lipinski definition) is 1. The highest BCUT2D eigenvalue weighted by Crippen LogP contribution is 2.21. The molecular formula is C9H10Cl2O. The third kappa shape index (κ3) is 2.16. The minimum atomic E-state index is 0. The van der Waals surface area contributed by atoms with Crippen LogP contribution >= 0.6 is 24.8 Å². The van der Waals surface area contributed by atoms with Crippen LogP contribution in [0.3, 0.4) is 0 Å². The Kier molecular flexibility index (Phi) is 4.79. The summed E-state index contributed by atoms with van der Waals surface area (Å²) in [7, 11) is 0. The first-order valence-corrected chi connectivity index (χ1v) is 3.35. The van der Waals surface area contributed by atoms with E-state index in [1.54, 1.807) is 0 Å². The van der Waals surface area contributed by atoms with Gasteiger partial charge in [0, 0.05) is 5.56 Å². The van der Waals surface area contributed by atoms with Crippen LogP contribution in [0.4, 0.5) is 0 Å². The van der Waals surface area contributed by atoms with Crippen LogP contribution in [-0.4, -0.2) is 6.61 Å². The van der Waals surface area contributed by atoms with Crippen LogP contribution in [0.1, 0.15) is 5.56 Å². The second-order valence-electron chi connectivity index (χ2n) is 2.25. The molecule has 0 aliphatic carbocycles. The maximum absolute atomic E-state index is 5.34. The van der Waals surface area contributed by atoms with Crippen LogP contribution in [0.25, 0.3) is 6.08 Å². The Morgan fingerprint density at radius 1 is 1.08 bits per heavy atom. The molecule has 1 aliphatic heterocycles. The average molecular weight is 205 g/mol. The van der Waals surface area contributed by atoms with Gasteiger partial charge in [-0.25, -0.2) is 0 Å². The van der Waals surface area contributed by atoms with Gasteiger partial charge in [0.25, 0.3) is 0 Å². The zero-order valence-electron chi connectivity index (χ0n) is 6.40. The van der Waals surface area contributed by atoms with Crippen molar-refractivity contribution in [3.8, 4) is 5.75 Å². The second kappa shape index (κ2) is 5.07. The summed E-state index contributed by atoms with van der Waals surface area (Å²) in [4.78, 5) is 0. The van der Waals surface area contributed by atoms with Gasteiger partial charge in [-0.05, 0) is 12.1 Å². The molecule has 1 aromatic rings. The number of ether oxygens (including phenoxy) is 1. The molecule has 0 radical (unpaired) electrons. The Morgan fingerprint density at radius 3 is 2.58 bits per heavy atom. The van der Waals surface area contributed by atoms with Gasteiger partial charge in [-0.1, -0.05) is 24.3 Å². The molecule has 66 valence electrons. The lowest BCUT2D eigenvalue weighted by Gasteiger charge is -2.10. The van der Waals surface area contributed by atoms with Gasteiger partial charge in [0.1, 0.15) is 12.4 Å². The lowest BCUT2D eigenvalue weighted by molar-refractivity contribution is 0.358.